The van der Waals surface area contributed by atoms with Gasteiger partial charge in [-0.25, -0.2) is 0 Å². The van der Waals surface area contributed by atoms with Crippen LogP contribution in [0.15, 0.2) is 18.2 Å². The van der Waals surface area contributed by atoms with E-state index >= 15 is 0 Å². The Labute approximate surface area is 148 Å². The third-order valence-electron chi connectivity index (χ3n) is 4.06. The van der Waals surface area contributed by atoms with E-state index in [0.717, 1.165) is 16.7 Å². The van der Waals surface area contributed by atoms with Gasteiger partial charge in [-0.2, -0.15) is 10.4 Å². The number of carbonyl (C=O) groups excluding carboxylic acids is 1. The fourth-order valence-corrected chi connectivity index (χ4v) is 2.55. The van der Waals surface area contributed by atoms with E-state index in [4.69, 9.17) is 0 Å². The summed E-state index contributed by atoms with van der Waals surface area (Å²) in [6.45, 7) is 9.54. The van der Waals surface area contributed by atoms with Gasteiger partial charge in [0, 0.05) is 18.2 Å². The van der Waals surface area contributed by atoms with Gasteiger partial charge in [0.1, 0.15) is 23.0 Å². The Morgan fingerprint density at radius 3 is 2.52 bits per heavy atom. The fourth-order valence-electron chi connectivity index (χ4n) is 2.55. The molecule has 2 aromatic rings. The Kier molecular flexibility index (Phi) is 5.60. The highest BCUT2D eigenvalue weighted by atomic mass is 16.3. The van der Waals surface area contributed by atoms with Crippen molar-refractivity contribution in [2.45, 2.75) is 46.8 Å². The molecule has 0 aliphatic heterocycles. The van der Waals surface area contributed by atoms with Crippen molar-refractivity contribution < 1.29 is 9.90 Å². The first-order chi connectivity index (χ1) is 11.8. The van der Waals surface area contributed by atoms with Gasteiger partial charge in [-0.15, -0.1) is 0 Å². The average molecular weight is 340 g/mol. The predicted octanol–water partition coefficient (Wildman–Crippen LogP) is 2.73. The van der Waals surface area contributed by atoms with Crippen LogP contribution in [0.1, 0.15) is 54.0 Å². The molecule has 1 amide bonds. The summed E-state index contributed by atoms with van der Waals surface area (Å²) in [6.07, 6.45) is -0.663. The number of aryl methyl sites for hydroxylation is 2. The topological polar surface area (TPSA) is 90.9 Å². The van der Waals surface area contributed by atoms with Gasteiger partial charge in [-0.1, -0.05) is 12.1 Å². The summed E-state index contributed by atoms with van der Waals surface area (Å²) in [5.41, 5.74) is 4.04. The second-order valence-electron chi connectivity index (χ2n) is 6.58. The van der Waals surface area contributed by atoms with E-state index in [1.54, 1.807) is 11.6 Å². The number of hydrogen-bond acceptors (Lipinski definition) is 4. The number of aromatic nitrogens is 2. The van der Waals surface area contributed by atoms with Gasteiger partial charge in [0.2, 0.25) is 0 Å². The van der Waals surface area contributed by atoms with Crippen LogP contribution in [0.5, 0.6) is 0 Å². The molecular weight excluding hydrogens is 316 g/mol. The van der Waals surface area contributed by atoms with Gasteiger partial charge < -0.3 is 10.4 Å². The molecule has 0 radical (unpaired) electrons. The Hall–Kier alpha value is -2.65. The van der Waals surface area contributed by atoms with Crippen molar-refractivity contribution in [1.82, 2.24) is 15.1 Å². The summed E-state index contributed by atoms with van der Waals surface area (Å²) < 4.78 is 1.57. The van der Waals surface area contributed by atoms with E-state index in [2.05, 4.69) is 16.5 Å². The Morgan fingerprint density at radius 1 is 1.32 bits per heavy atom. The van der Waals surface area contributed by atoms with Gasteiger partial charge in [-0.3, -0.25) is 9.48 Å². The molecule has 0 bridgehead atoms. The summed E-state index contributed by atoms with van der Waals surface area (Å²) >= 11 is 0. The molecular formula is C19H24N4O2. The standard InChI is InChI=1S/C19H24N4O2/c1-11(2)23-18(19(25)21-10-14(5)24)16(9-20)17(22-23)15-7-6-12(3)13(4)8-15/h6-8,11,14,24H,10H2,1-5H3,(H,21,25)/t14-/m0/s1. The molecule has 0 aliphatic carbocycles. The first-order valence-corrected chi connectivity index (χ1v) is 8.32. The number of aliphatic hydroxyl groups is 1. The molecule has 0 aliphatic rings. The number of amides is 1. The predicted molar refractivity (Wildman–Crippen MR) is 96.3 cm³/mol. The monoisotopic (exact) mass is 340 g/mol. The molecule has 6 nitrogen and oxygen atoms in total. The van der Waals surface area contributed by atoms with Crippen LogP contribution in [-0.4, -0.2) is 33.4 Å². The van der Waals surface area contributed by atoms with Crippen LogP contribution in [-0.2, 0) is 0 Å². The number of nitrogens with zero attached hydrogens (tertiary/aromatic N) is 3. The first kappa shape index (κ1) is 18.7. The minimum absolute atomic E-state index is 0.0836. The van der Waals surface area contributed by atoms with Gasteiger partial charge >= 0.3 is 0 Å². The van der Waals surface area contributed by atoms with E-state index in [-0.39, 0.29) is 23.8 Å². The minimum atomic E-state index is -0.663. The van der Waals surface area contributed by atoms with Gasteiger partial charge in [0.25, 0.3) is 5.91 Å². The SMILES string of the molecule is Cc1ccc(-c2nn(C(C)C)c(C(=O)NC[C@H](C)O)c2C#N)cc1C. The molecule has 0 spiro atoms. The Bertz CT molecular complexity index is 829. The van der Waals surface area contributed by atoms with Crippen molar-refractivity contribution in [3.05, 3.63) is 40.6 Å². The Balaban J connectivity index is 2.59. The first-order valence-electron chi connectivity index (χ1n) is 8.32. The fraction of sp³-hybridized carbons (Fsp3) is 0.421. The smallest absolute Gasteiger partial charge is 0.271 e. The molecule has 132 valence electrons. The number of aliphatic hydroxyl groups excluding tert-OH is 1. The Morgan fingerprint density at radius 2 is 2.00 bits per heavy atom. The highest BCUT2D eigenvalue weighted by Crippen LogP contribution is 2.28. The zero-order valence-electron chi connectivity index (χ0n) is 15.3. The van der Waals surface area contributed by atoms with Crippen LogP contribution in [0.4, 0.5) is 0 Å². The molecule has 0 saturated heterocycles. The third kappa shape index (κ3) is 3.89. The highest BCUT2D eigenvalue weighted by molar-refractivity contribution is 5.97. The quantitative estimate of drug-likeness (QED) is 0.875. The van der Waals surface area contributed by atoms with E-state index in [1.165, 1.54) is 0 Å². The van der Waals surface area contributed by atoms with Crippen molar-refractivity contribution in [3.8, 4) is 17.3 Å². The molecule has 1 heterocycles. The summed E-state index contributed by atoms with van der Waals surface area (Å²) in [5, 5.41) is 26.3. The van der Waals surface area contributed by atoms with Crippen molar-refractivity contribution >= 4 is 5.91 Å². The second kappa shape index (κ2) is 7.49. The third-order valence-corrected chi connectivity index (χ3v) is 4.06. The number of nitriles is 1. The van der Waals surface area contributed by atoms with E-state index < -0.39 is 12.0 Å². The zero-order chi connectivity index (χ0) is 18.7. The summed E-state index contributed by atoms with van der Waals surface area (Å²) in [7, 11) is 0. The zero-order valence-corrected chi connectivity index (χ0v) is 15.3. The van der Waals surface area contributed by atoms with E-state index in [9.17, 15) is 15.2 Å². The number of rotatable bonds is 5. The lowest BCUT2D eigenvalue weighted by atomic mass is 10.0. The lowest BCUT2D eigenvalue weighted by Gasteiger charge is -2.12. The van der Waals surface area contributed by atoms with Crippen LogP contribution in [0, 0.1) is 25.2 Å². The summed E-state index contributed by atoms with van der Waals surface area (Å²) in [4.78, 5) is 12.6. The van der Waals surface area contributed by atoms with E-state index in [1.807, 2.05) is 45.9 Å². The van der Waals surface area contributed by atoms with Gasteiger partial charge in [0.05, 0.1) is 6.10 Å². The number of benzene rings is 1. The van der Waals surface area contributed by atoms with Gasteiger partial charge in [-0.05, 0) is 51.8 Å². The van der Waals surface area contributed by atoms with Crippen molar-refractivity contribution in [2.75, 3.05) is 6.54 Å². The second-order valence-corrected chi connectivity index (χ2v) is 6.58. The van der Waals surface area contributed by atoms with Crippen LogP contribution < -0.4 is 5.32 Å². The van der Waals surface area contributed by atoms with Crippen LogP contribution in [0.2, 0.25) is 0 Å². The minimum Gasteiger partial charge on any atom is -0.392 e. The van der Waals surface area contributed by atoms with Crippen LogP contribution >= 0.6 is 0 Å². The van der Waals surface area contributed by atoms with Crippen molar-refractivity contribution in [1.29, 1.82) is 5.26 Å². The maximum atomic E-state index is 12.6. The molecule has 0 unspecified atom stereocenters. The molecule has 1 aromatic heterocycles. The molecule has 6 heteroatoms. The molecule has 0 saturated carbocycles. The number of nitrogens with one attached hydrogen (secondary N) is 1. The average Bonchev–Trinajstić information content (AvgIpc) is 2.95. The summed E-state index contributed by atoms with van der Waals surface area (Å²) in [5.74, 6) is -0.409. The molecule has 2 N–H and O–H groups in total. The maximum Gasteiger partial charge on any atom is 0.271 e. The molecule has 0 fully saturated rings. The molecule has 1 atom stereocenters. The molecule has 2 rings (SSSR count). The number of hydrogen-bond donors (Lipinski definition) is 2. The number of carbonyl (C=O) groups is 1. The molecule has 1 aromatic carbocycles. The molecule has 25 heavy (non-hydrogen) atoms. The normalized spacial score (nSPS) is 12.1. The largest absolute Gasteiger partial charge is 0.392 e. The lowest BCUT2D eigenvalue weighted by Crippen LogP contribution is -2.33. The van der Waals surface area contributed by atoms with Gasteiger partial charge in [0.15, 0.2) is 0 Å². The van der Waals surface area contributed by atoms with Crippen molar-refractivity contribution in [3.63, 3.8) is 0 Å². The van der Waals surface area contributed by atoms with Crippen LogP contribution in [0.25, 0.3) is 11.3 Å². The highest BCUT2D eigenvalue weighted by Gasteiger charge is 2.26. The maximum absolute atomic E-state index is 12.6. The summed E-state index contributed by atoms with van der Waals surface area (Å²) in [6, 6.07) is 7.91. The lowest BCUT2D eigenvalue weighted by molar-refractivity contribution is 0.0911. The van der Waals surface area contributed by atoms with Crippen LogP contribution in [0.3, 0.4) is 0 Å². The van der Waals surface area contributed by atoms with Crippen molar-refractivity contribution in [2.24, 2.45) is 0 Å². The van der Waals surface area contributed by atoms with E-state index in [0.29, 0.717) is 5.69 Å².